The Hall–Kier alpha value is -0.160. The fraction of sp³-hybridized carbons (Fsp3) is 1.00. The van der Waals surface area contributed by atoms with E-state index < -0.39 is 0 Å². The number of nitrogens with zero attached hydrogens (tertiary/aromatic N) is 1. The van der Waals surface area contributed by atoms with Crippen molar-refractivity contribution < 1.29 is 9.47 Å². The number of likely N-dealkylation sites (N-methyl/N-ethyl adjacent to an activating group) is 1. The van der Waals surface area contributed by atoms with Crippen LogP contribution in [0.3, 0.4) is 0 Å². The summed E-state index contributed by atoms with van der Waals surface area (Å²) in [7, 11) is 4.12. The van der Waals surface area contributed by atoms with Crippen molar-refractivity contribution >= 4 is 0 Å². The molecule has 0 saturated carbocycles. The average molecular weight is 216 g/mol. The van der Waals surface area contributed by atoms with E-state index in [1.54, 1.807) is 0 Å². The van der Waals surface area contributed by atoms with Crippen molar-refractivity contribution in [3.8, 4) is 0 Å². The standard InChI is InChI=1S/C11H24N2O2/c1-13(2)6-10-15-9-5-12-11-3-7-14-8-4-11/h11-12H,3-10H2,1-2H3. The minimum absolute atomic E-state index is 0.635. The molecule has 0 aliphatic carbocycles. The summed E-state index contributed by atoms with van der Waals surface area (Å²) in [6.45, 7) is 5.39. The normalized spacial score (nSPS) is 18.6. The van der Waals surface area contributed by atoms with Gasteiger partial charge in [0.2, 0.25) is 0 Å². The average Bonchev–Trinajstić information content (AvgIpc) is 2.24. The topological polar surface area (TPSA) is 33.7 Å². The van der Waals surface area contributed by atoms with Crippen LogP contribution in [-0.4, -0.2) is 64.6 Å². The van der Waals surface area contributed by atoms with Gasteiger partial charge in [0, 0.05) is 32.3 Å². The summed E-state index contributed by atoms with van der Waals surface area (Å²) in [5, 5.41) is 3.49. The lowest BCUT2D eigenvalue weighted by molar-refractivity contribution is 0.0718. The van der Waals surface area contributed by atoms with Gasteiger partial charge in [-0.05, 0) is 26.9 Å². The highest BCUT2D eigenvalue weighted by Gasteiger charge is 2.11. The van der Waals surface area contributed by atoms with Crippen LogP contribution in [0.1, 0.15) is 12.8 Å². The van der Waals surface area contributed by atoms with E-state index in [1.807, 2.05) is 0 Å². The van der Waals surface area contributed by atoms with Gasteiger partial charge in [-0.2, -0.15) is 0 Å². The van der Waals surface area contributed by atoms with E-state index in [9.17, 15) is 0 Å². The van der Waals surface area contributed by atoms with Gasteiger partial charge in [-0.1, -0.05) is 0 Å². The van der Waals surface area contributed by atoms with Crippen LogP contribution in [0.15, 0.2) is 0 Å². The van der Waals surface area contributed by atoms with Gasteiger partial charge in [0.05, 0.1) is 13.2 Å². The molecule has 90 valence electrons. The van der Waals surface area contributed by atoms with Crippen molar-refractivity contribution in [1.82, 2.24) is 10.2 Å². The van der Waals surface area contributed by atoms with Gasteiger partial charge in [-0.3, -0.25) is 0 Å². The molecule has 1 N–H and O–H groups in total. The van der Waals surface area contributed by atoms with E-state index >= 15 is 0 Å². The molecule has 0 bridgehead atoms. The van der Waals surface area contributed by atoms with E-state index in [0.29, 0.717) is 6.04 Å². The third-order valence-corrected chi connectivity index (χ3v) is 2.58. The fourth-order valence-electron chi connectivity index (χ4n) is 1.59. The Morgan fingerprint density at radius 1 is 1.27 bits per heavy atom. The second kappa shape index (κ2) is 8.05. The molecule has 0 amide bonds. The number of rotatable bonds is 7. The molecular formula is C11H24N2O2. The highest BCUT2D eigenvalue weighted by Crippen LogP contribution is 2.05. The van der Waals surface area contributed by atoms with Gasteiger partial charge in [0.1, 0.15) is 0 Å². The summed E-state index contributed by atoms with van der Waals surface area (Å²) in [6.07, 6.45) is 2.27. The maximum atomic E-state index is 5.50. The zero-order chi connectivity index (χ0) is 10.9. The molecule has 0 spiro atoms. The summed E-state index contributed by atoms with van der Waals surface area (Å²) in [4.78, 5) is 2.13. The smallest absolute Gasteiger partial charge is 0.0593 e. The first-order valence-electron chi connectivity index (χ1n) is 5.82. The van der Waals surface area contributed by atoms with E-state index in [4.69, 9.17) is 9.47 Å². The highest BCUT2D eigenvalue weighted by molar-refractivity contribution is 4.69. The summed E-state index contributed by atoms with van der Waals surface area (Å²) >= 11 is 0. The zero-order valence-electron chi connectivity index (χ0n) is 10.00. The second-order valence-corrected chi connectivity index (χ2v) is 4.26. The lowest BCUT2D eigenvalue weighted by Crippen LogP contribution is -2.36. The maximum absolute atomic E-state index is 5.50. The van der Waals surface area contributed by atoms with Crippen LogP contribution >= 0.6 is 0 Å². The minimum atomic E-state index is 0.635. The van der Waals surface area contributed by atoms with Gasteiger partial charge in [-0.25, -0.2) is 0 Å². The summed E-state index contributed by atoms with van der Waals surface area (Å²) < 4.78 is 10.8. The predicted octanol–water partition coefficient (Wildman–Crippen LogP) is 0.333. The molecule has 0 aromatic rings. The van der Waals surface area contributed by atoms with Crippen molar-refractivity contribution in [2.75, 3.05) is 53.6 Å². The molecule has 4 nitrogen and oxygen atoms in total. The quantitative estimate of drug-likeness (QED) is 0.622. The van der Waals surface area contributed by atoms with Crippen molar-refractivity contribution in [1.29, 1.82) is 0 Å². The first kappa shape index (κ1) is 12.9. The van der Waals surface area contributed by atoms with E-state index in [0.717, 1.165) is 52.4 Å². The highest BCUT2D eigenvalue weighted by atomic mass is 16.5. The van der Waals surface area contributed by atoms with Crippen molar-refractivity contribution in [3.63, 3.8) is 0 Å². The lowest BCUT2D eigenvalue weighted by atomic mass is 10.1. The van der Waals surface area contributed by atoms with E-state index in [2.05, 4.69) is 24.3 Å². The Bertz CT molecular complexity index is 148. The number of ether oxygens (including phenoxy) is 2. The van der Waals surface area contributed by atoms with Crippen LogP contribution < -0.4 is 5.32 Å². The number of hydrogen-bond acceptors (Lipinski definition) is 4. The SMILES string of the molecule is CN(C)CCOCCNC1CCOCC1. The number of nitrogens with one attached hydrogen (secondary N) is 1. The maximum Gasteiger partial charge on any atom is 0.0593 e. The Labute approximate surface area is 92.9 Å². The molecule has 1 fully saturated rings. The van der Waals surface area contributed by atoms with Gasteiger partial charge in [-0.15, -0.1) is 0 Å². The molecule has 4 heteroatoms. The Morgan fingerprint density at radius 3 is 2.67 bits per heavy atom. The Balaban J connectivity index is 1.83. The molecule has 1 aliphatic heterocycles. The molecular weight excluding hydrogens is 192 g/mol. The molecule has 1 aliphatic rings. The molecule has 0 unspecified atom stereocenters. The molecule has 15 heavy (non-hydrogen) atoms. The molecule has 1 saturated heterocycles. The lowest BCUT2D eigenvalue weighted by Gasteiger charge is -2.23. The third-order valence-electron chi connectivity index (χ3n) is 2.58. The van der Waals surface area contributed by atoms with Crippen molar-refractivity contribution in [2.24, 2.45) is 0 Å². The number of hydrogen-bond donors (Lipinski definition) is 1. The van der Waals surface area contributed by atoms with Crippen LogP contribution in [0.4, 0.5) is 0 Å². The summed E-state index contributed by atoms with van der Waals surface area (Å²) in [5.41, 5.74) is 0. The van der Waals surface area contributed by atoms with Gasteiger partial charge in [0.15, 0.2) is 0 Å². The van der Waals surface area contributed by atoms with Crippen LogP contribution in [-0.2, 0) is 9.47 Å². The Morgan fingerprint density at radius 2 is 2.00 bits per heavy atom. The van der Waals surface area contributed by atoms with Crippen molar-refractivity contribution in [2.45, 2.75) is 18.9 Å². The predicted molar refractivity (Wildman–Crippen MR) is 61.2 cm³/mol. The molecule has 0 radical (unpaired) electrons. The van der Waals surface area contributed by atoms with Gasteiger partial charge < -0.3 is 19.7 Å². The molecule has 1 heterocycles. The summed E-state index contributed by atoms with van der Waals surface area (Å²) in [6, 6.07) is 0.635. The van der Waals surface area contributed by atoms with Crippen LogP contribution in [0.5, 0.6) is 0 Å². The molecule has 0 aromatic heterocycles. The third kappa shape index (κ3) is 6.84. The van der Waals surface area contributed by atoms with E-state index in [1.165, 1.54) is 0 Å². The van der Waals surface area contributed by atoms with Crippen LogP contribution in [0.25, 0.3) is 0 Å². The zero-order valence-corrected chi connectivity index (χ0v) is 10.00. The fourth-order valence-corrected chi connectivity index (χ4v) is 1.59. The van der Waals surface area contributed by atoms with Crippen LogP contribution in [0.2, 0.25) is 0 Å². The largest absolute Gasteiger partial charge is 0.381 e. The van der Waals surface area contributed by atoms with Crippen molar-refractivity contribution in [3.05, 3.63) is 0 Å². The van der Waals surface area contributed by atoms with Gasteiger partial charge in [0.25, 0.3) is 0 Å². The second-order valence-electron chi connectivity index (χ2n) is 4.26. The first-order chi connectivity index (χ1) is 7.29. The minimum Gasteiger partial charge on any atom is -0.381 e. The molecule has 0 atom stereocenters. The summed E-state index contributed by atoms with van der Waals surface area (Å²) in [5.74, 6) is 0. The van der Waals surface area contributed by atoms with Gasteiger partial charge >= 0.3 is 0 Å². The first-order valence-corrected chi connectivity index (χ1v) is 5.82. The molecule has 1 rings (SSSR count). The monoisotopic (exact) mass is 216 g/mol. The Kier molecular flexibility index (Phi) is 6.92. The molecule has 0 aromatic carbocycles. The van der Waals surface area contributed by atoms with Crippen LogP contribution in [0, 0.1) is 0 Å². The van der Waals surface area contributed by atoms with E-state index in [-0.39, 0.29) is 0 Å².